The van der Waals surface area contributed by atoms with Crippen molar-refractivity contribution >= 4 is 11.9 Å². The van der Waals surface area contributed by atoms with Crippen molar-refractivity contribution in [3.63, 3.8) is 0 Å². The summed E-state index contributed by atoms with van der Waals surface area (Å²) in [6, 6.07) is 10.9. The lowest BCUT2D eigenvalue weighted by atomic mass is 10.3. The van der Waals surface area contributed by atoms with Crippen LogP contribution in [0.1, 0.15) is 21.1 Å². The lowest BCUT2D eigenvalue weighted by Gasteiger charge is -2.00. The molecule has 1 aromatic carbocycles. The van der Waals surface area contributed by atoms with Crippen LogP contribution in [0.3, 0.4) is 0 Å². The van der Waals surface area contributed by atoms with E-state index in [9.17, 15) is 9.59 Å². The van der Waals surface area contributed by atoms with Crippen LogP contribution >= 0.6 is 0 Å². The molecule has 0 unspecified atom stereocenters. The van der Waals surface area contributed by atoms with Crippen LogP contribution < -0.4 is 4.74 Å². The molecule has 0 saturated heterocycles. The maximum absolute atomic E-state index is 11.5. The summed E-state index contributed by atoms with van der Waals surface area (Å²) < 4.78 is 9.77. The van der Waals surface area contributed by atoms with E-state index in [1.165, 1.54) is 12.1 Å². The molecule has 5 nitrogen and oxygen atoms in total. The zero-order valence-corrected chi connectivity index (χ0v) is 8.62. The molecule has 0 radical (unpaired) electrons. The molecule has 0 atom stereocenters. The summed E-state index contributed by atoms with van der Waals surface area (Å²) in [6.07, 6.45) is 0. The van der Waals surface area contributed by atoms with Gasteiger partial charge in [-0.25, -0.2) is 9.59 Å². The Bertz CT molecular complexity index is 541. The molecule has 86 valence electrons. The van der Waals surface area contributed by atoms with Crippen molar-refractivity contribution in [1.29, 1.82) is 0 Å². The average Bonchev–Trinajstić information content (AvgIpc) is 2.79. The van der Waals surface area contributed by atoms with Crippen LogP contribution in [0.25, 0.3) is 0 Å². The van der Waals surface area contributed by atoms with Crippen LogP contribution in [0.15, 0.2) is 46.9 Å². The minimum absolute atomic E-state index is 0.147. The molecule has 0 amide bonds. The summed E-state index contributed by atoms with van der Waals surface area (Å²) >= 11 is 0. The number of carboxylic acids is 1. The van der Waals surface area contributed by atoms with Crippen molar-refractivity contribution < 1.29 is 23.8 Å². The molecular formula is C12H8O5. The molecular weight excluding hydrogens is 224 g/mol. The smallest absolute Gasteiger partial charge is 0.379 e. The topological polar surface area (TPSA) is 76.7 Å². The van der Waals surface area contributed by atoms with Gasteiger partial charge in [0, 0.05) is 0 Å². The maximum Gasteiger partial charge on any atom is 0.379 e. The highest BCUT2D eigenvalue weighted by atomic mass is 16.5. The summed E-state index contributed by atoms with van der Waals surface area (Å²) in [5.74, 6) is -2.05. The Morgan fingerprint density at radius 1 is 1.00 bits per heavy atom. The molecule has 17 heavy (non-hydrogen) atoms. The first-order valence-electron chi connectivity index (χ1n) is 4.77. The van der Waals surface area contributed by atoms with Gasteiger partial charge in [0.2, 0.25) is 11.5 Å². The van der Waals surface area contributed by atoms with E-state index < -0.39 is 11.9 Å². The standard InChI is InChI=1S/C12H8O5/c13-11(14)9-6-7-10(17-9)12(15)16-8-4-2-1-3-5-8/h1-7H,(H,13,14). The van der Waals surface area contributed by atoms with E-state index >= 15 is 0 Å². The van der Waals surface area contributed by atoms with Gasteiger partial charge in [0.15, 0.2) is 0 Å². The molecule has 2 aromatic rings. The largest absolute Gasteiger partial charge is 0.475 e. The van der Waals surface area contributed by atoms with Gasteiger partial charge in [0.25, 0.3) is 0 Å². The molecule has 0 fully saturated rings. The second-order valence-corrected chi connectivity index (χ2v) is 3.17. The SMILES string of the molecule is O=C(O)c1ccc(C(=O)Oc2ccccc2)o1. The minimum atomic E-state index is -1.23. The third kappa shape index (κ3) is 2.52. The molecule has 1 N–H and O–H groups in total. The Hall–Kier alpha value is -2.56. The molecule has 0 saturated carbocycles. The molecule has 1 aromatic heterocycles. The van der Waals surface area contributed by atoms with E-state index in [0.717, 1.165) is 0 Å². The summed E-state index contributed by atoms with van der Waals surface area (Å²) in [5.41, 5.74) is 0. The average molecular weight is 232 g/mol. The first kappa shape index (κ1) is 10.9. The molecule has 0 bridgehead atoms. The Labute approximate surface area is 96.2 Å². The van der Waals surface area contributed by atoms with Crippen LogP contribution in [0.2, 0.25) is 0 Å². The predicted octanol–water partition coefficient (Wildman–Crippen LogP) is 2.20. The van der Waals surface area contributed by atoms with E-state index in [-0.39, 0.29) is 11.5 Å². The zero-order chi connectivity index (χ0) is 12.3. The Kier molecular flexibility index (Phi) is 2.91. The van der Waals surface area contributed by atoms with Crippen molar-refractivity contribution in [3.05, 3.63) is 54.0 Å². The summed E-state index contributed by atoms with van der Waals surface area (Å²) in [4.78, 5) is 22.1. The normalized spacial score (nSPS) is 9.88. The van der Waals surface area contributed by atoms with Crippen molar-refractivity contribution in [2.24, 2.45) is 0 Å². The van der Waals surface area contributed by atoms with Crippen LogP contribution in [0, 0.1) is 0 Å². The van der Waals surface area contributed by atoms with Crippen LogP contribution in [0.4, 0.5) is 0 Å². The second kappa shape index (κ2) is 4.52. The highest BCUT2D eigenvalue weighted by molar-refractivity contribution is 5.91. The van der Waals surface area contributed by atoms with Gasteiger partial charge in [-0.1, -0.05) is 18.2 Å². The fourth-order valence-corrected chi connectivity index (χ4v) is 1.21. The highest BCUT2D eigenvalue weighted by Crippen LogP contribution is 2.13. The van der Waals surface area contributed by atoms with Gasteiger partial charge in [0.05, 0.1) is 0 Å². The fraction of sp³-hybridized carbons (Fsp3) is 0. The quantitative estimate of drug-likeness (QED) is 0.648. The van der Waals surface area contributed by atoms with Crippen molar-refractivity contribution in [2.75, 3.05) is 0 Å². The number of rotatable bonds is 3. The van der Waals surface area contributed by atoms with Crippen LogP contribution in [-0.4, -0.2) is 17.0 Å². The molecule has 2 rings (SSSR count). The maximum atomic E-state index is 11.5. The third-order valence-corrected chi connectivity index (χ3v) is 1.97. The van der Waals surface area contributed by atoms with Crippen molar-refractivity contribution in [2.45, 2.75) is 0 Å². The minimum Gasteiger partial charge on any atom is -0.475 e. The third-order valence-electron chi connectivity index (χ3n) is 1.97. The fourth-order valence-electron chi connectivity index (χ4n) is 1.21. The number of carboxylic acid groups (broad SMARTS) is 1. The number of hydrogen-bond acceptors (Lipinski definition) is 4. The number of carbonyl (C=O) groups is 2. The number of benzene rings is 1. The summed E-state index contributed by atoms with van der Waals surface area (Å²) in [5, 5.41) is 8.62. The van der Waals surface area contributed by atoms with Crippen molar-refractivity contribution in [3.8, 4) is 5.75 Å². The molecule has 0 aliphatic rings. The van der Waals surface area contributed by atoms with Crippen molar-refractivity contribution in [1.82, 2.24) is 0 Å². The van der Waals surface area contributed by atoms with E-state index in [1.54, 1.807) is 30.3 Å². The van der Waals surface area contributed by atoms with Gasteiger partial charge in [-0.05, 0) is 24.3 Å². The number of aromatic carboxylic acids is 1. The number of esters is 1. The van der Waals surface area contributed by atoms with Gasteiger partial charge in [-0.2, -0.15) is 0 Å². The zero-order valence-electron chi connectivity index (χ0n) is 8.62. The number of furan rings is 1. The first-order valence-corrected chi connectivity index (χ1v) is 4.77. The Morgan fingerprint density at radius 2 is 1.65 bits per heavy atom. The van der Waals surface area contributed by atoms with Gasteiger partial charge in [0.1, 0.15) is 5.75 Å². The second-order valence-electron chi connectivity index (χ2n) is 3.17. The number of para-hydroxylation sites is 1. The molecule has 0 spiro atoms. The van der Waals surface area contributed by atoms with Gasteiger partial charge in [-0.3, -0.25) is 0 Å². The van der Waals surface area contributed by atoms with Gasteiger partial charge >= 0.3 is 11.9 Å². The monoisotopic (exact) mass is 232 g/mol. The van der Waals surface area contributed by atoms with Gasteiger partial charge in [-0.15, -0.1) is 0 Å². The van der Waals surface area contributed by atoms with E-state index in [4.69, 9.17) is 14.3 Å². The van der Waals surface area contributed by atoms with Crippen LogP contribution in [0.5, 0.6) is 5.75 Å². The Balaban J connectivity index is 2.12. The number of ether oxygens (including phenoxy) is 1. The molecule has 0 aliphatic heterocycles. The van der Waals surface area contributed by atoms with Gasteiger partial charge < -0.3 is 14.3 Å². The first-order chi connectivity index (χ1) is 8.16. The summed E-state index contributed by atoms with van der Waals surface area (Å²) in [7, 11) is 0. The van der Waals surface area contributed by atoms with E-state index in [0.29, 0.717) is 5.75 Å². The van der Waals surface area contributed by atoms with Crippen LogP contribution in [-0.2, 0) is 0 Å². The molecule has 1 heterocycles. The number of hydrogen-bond donors (Lipinski definition) is 1. The highest BCUT2D eigenvalue weighted by Gasteiger charge is 2.16. The van der Waals surface area contributed by atoms with E-state index in [1.807, 2.05) is 0 Å². The predicted molar refractivity (Wildman–Crippen MR) is 57.1 cm³/mol. The number of carbonyl (C=O) groups excluding carboxylic acids is 1. The Morgan fingerprint density at radius 3 is 2.24 bits per heavy atom. The molecule has 0 aliphatic carbocycles. The summed E-state index contributed by atoms with van der Waals surface area (Å²) in [6.45, 7) is 0. The lowest BCUT2D eigenvalue weighted by Crippen LogP contribution is -2.07. The lowest BCUT2D eigenvalue weighted by molar-refractivity contribution is 0.0645. The van der Waals surface area contributed by atoms with E-state index in [2.05, 4.69) is 0 Å². The molecule has 5 heteroatoms.